The van der Waals surface area contributed by atoms with Crippen LogP contribution in [0.3, 0.4) is 0 Å². The van der Waals surface area contributed by atoms with Crippen molar-refractivity contribution in [2.45, 2.75) is 0 Å². The van der Waals surface area contributed by atoms with Crippen molar-refractivity contribution in [2.24, 2.45) is 0 Å². The van der Waals surface area contributed by atoms with Crippen LogP contribution in [0.4, 0.5) is 5.82 Å². The third-order valence-electron chi connectivity index (χ3n) is 2.02. The molecule has 0 saturated heterocycles. The van der Waals surface area contributed by atoms with Gasteiger partial charge in [-0.15, -0.1) is 6.42 Å². The summed E-state index contributed by atoms with van der Waals surface area (Å²) in [5.74, 6) is 2.64. The van der Waals surface area contributed by atoms with Crippen molar-refractivity contribution in [1.82, 2.24) is 8.10 Å². The molecule has 0 N–H and O–H groups in total. The molecule has 0 spiro atoms. The minimum atomic E-state index is -0.310. The molecule has 1 aromatic heterocycles. The minimum Gasteiger partial charge on any atom is -0.358 e. The fraction of sp³-hybridized carbons (Fsp3) is 0.273. The van der Waals surface area contributed by atoms with Gasteiger partial charge in [-0.3, -0.25) is 7.91 Å². The number of amides is 1. The number of aromatic nitrogens is 1. The van der Waals surface area contributed by atoms with Crippen LogP contribution in [0.25, 0.3) is 0 Å². The van der Waals surface area contributed by atoms with E-state index in [4.69, 9.17) is 6.42 Å². The van der Waals surface area contributed by atoms with Crippen LogP contribution in [0, 0.1) is 12.3 Å². The molecule has 0 atom stereocenters. The van der Waals surface area contributed by atoms with Crippen molar-refractivity contribution in [2.75, 3.05) is 25.0 Å². The summed E-state index contributed by atoms with van der Waals surface area (Å²) in [6, 6.07) is 5.71. The highest BCUT2D eigenvalue weighted by atomic mass is 127. The van der Waals surface area contributed by atoms with Crippen molar-refractivity contribution < 1.29 is 4.79 Å². The lowest BCUT2D eigenvalue weighted by Gasteiger charge is -2.20. The lowest BCUT2D eigenvalue weighted by Crippen LogP contribution is -2.30. The predicted octanol–water partition coefficient (Wildman–Crippen LogP) is 1.33. The fourth-order valence-electron chi connectivity index (χ4n) is 1.10. The number of hydrogen-bond acceptors (Lipinski definition) is 3. The van der Waals surface area contributed by atoms with Gasteiger partial charge in [0.1, 0.15) is 5.82 Å². The van der Waals surface area contributed by atoms with Gasteiger partial charge in [-0.2, -0.15) is 0 Å². The predicted molar refractivity (Wildman–Crippen MR) is 72.1 cm³/mol. The molecule has 1 rings (SSSR count). The van der Waals surface area contributed by atoms with Crippen molar-refractivity contribution in [3.05, 3.63) is 24.4 Å². The zero-order chi connectivity index (χ0) is 12.0. The lowest BCUT2D eigenvalue weighted by molar-refractivity contribution is -0.119. The van der Waals surface area contributed by atoms with Crippen molar-refractivity contribution in [3.63, 3.8) is 0 Å². The summed E-state index contributed by atoms with van der Waals surface area (Å²) in [7, 11) is 1.92. The summed E-state index contributed by atoms with van der Waals surface area (Å²) in [6.45, 7) is 1.25. The van der Waals surface area contributed by atoms with Gasteiger partial charge in [0, 0.05) is 26.3 Å². The molecule has 0 unspecified atom stereocenters. The number of terminal acetylenes is 1. The SMILES string of the molecule is C#CC(=O)N(I)CCN(C)c1ccccn1. The number of pyridine rings is 1. The summed E-state index contributed by atoms with van der Waals surface area (Å²) < 4.78 is 1.48. The first-order valence-corrected chi connectivity index (χ1v) is 5.67. The van der Waals surface area contributed by atoms with E-state index in [2.05, 4.69) is 10.9 Å². The Labute approximate surface area is 109 Å². The number of rotatable bonds is 4. The van der Waals surface area contributed by atoms with Crippen LogP contribution in [0.1, 0.15) is 0 Å². The van der Waals surface area contributed by atoms with Crippen LogP contribution in [0.5, 0.6) is 0 Å². The molecule has 1 amide bonds. The molecule has 0 aliphatic rings. The maximum atomic E-state index is 11.1. The first kappa shape index (κ1) is 12.8. The van der Waals surface area contributed by atoms with Gasteiger partial charge in [0.2, 0.25) is 0 Å². The topological polar surface area (TPSA) is 36.4 Å². The largest absolute Gasteiger partial charge is 0.358 e. The second-order valence-electron chi connectivity index (χ2n) is 3.14. The van der Waals surface area contributed by atoms with Crippen LogP contribution in [-0.2, 0) is 4.79 Å². The normalized spacial score (nSPS) is 9.31. The zero-order valence-electron chi connectivity index (χ0n) is 8.93. The van der Waals surface area contributed by atoms with Crippen LogP contribution >= 0.6 is 22.9 Å². The van der Waals surface area contributed by atoms with Crippen LogP contribution in [-0.4, -0.2) is 34.1 Å². The first-order valence-electron chi connectivity index (χ1n) is 4.71. The summed E-state index contributed by atoms with van der Waals surface area (Å²) in [6.07, 6.45) is 6.75. The smallest absolute Gasteiger partial charge is 0.306 e. The van der Waals surface area contributed by atoms with E-state index in [0.29, 0.717) is 13.1 Å². The van der Waals surface area contributed by atoms with E-state index < -0.39 is 0 Å². The average molecular weight is 329 g/mol. The highest BCUT2D eigenvalue weighted by Crippen LogP contribution is 2.07. The number of halogens is 1. The molecule has 0 aliphatic heterocycles. The van der Waals surface area contributed by atoms with Crippen LogP contribution in [0.15, 0.2) is 24.4 Å². The monoisotopic (exact) mass is 329 g/mol. The van der Waals surface area contributed by atoms with Gasteiger partial charge in [0.25, 0.3) is 0 Å². The maximum Gasteiger partial charge on any atom is 0.306 e. The van der Waals surface area contributed by atoms with Gasteiger partial charge in [0.15, 0.2) is 0 Å². The van der Waals surface area contributed by atoms with Crippen molar-refractivity contribution in [3.8, 4) is 12.3 Å². The number of nitrogens with zero attached hydrogens (tertiary/aromatic N) is 3. The number of likely N-dealkylation sites (N-methyl/N-ethyl adjacent to an activating group) is 1. The molecule has 0 aromatic carbocycles. The van der Waals surface area contributed by atoms with E-state index in [1.807, 2.05) is 53.0 Å². The Morgan fingerprint density at radius 1 is 1.56 bits per heavy atom. The average Bonchev–Trinajstić information content (AvgIpc) is 2.35. The molecule has 0 aliphatic carbocycles. The van der Waals surface area contributed by atoms with Gasteiger partial charge in [-0.05, 0) is 18.1 Å². The molecule has 16 heavy (non-hydrogen) atoms. The highest BCUT2D eigenvalue weighted by molar-refractivity contribution is 14.1. The van der Waals surface area contributed by atoms with E-state index in [1.54, 1.807) is 6.20 Å². The molecular weight excluding hydrogens is 317 g/mol. The third kappa shape index (κ3) is 3.70. The summed E-state index contributed by atoms with van der Waals surface area (Å²) >= 11 is 1.91. The Morgan fingerprint density at radius 2 is 2.31 bits per heavy atom. The van der Waals surface area contributed by atoms with Crippen LogP contribution in [0.2, 0.25) is 0 Å². The fourth-order valence-corrected chi connectivity index (χ4v) is 1.46. The van der Waals surface area contributed by atoms with Gasteiger partial charge in [-0.1, -0.05) is 6.07 Å². The quantitative estimate of drug-likeness (QED) is 0.475. The standard InChI is InChI=1S/C11H12IN3O/c1-3-11(16)15(12)9-8-14(2)10-6-4-5-7-13-10/h1,4-7H,8-9H2,2H3. The number of carbonyl (C=O) groups is 1. The summed E-state index contributed by atoms with van der Waals surface area (Å²) in [5, 5.41) is 0. The second-order valence-corrected chi connectivity index (χ2v) is 4.31. The number of carbonyl (C=O) groups excluding carboxylic acids is 1. The second kappa shape index (κ2) is 6.33. The summed E-state index contributed by atoms with van der Waals surface area (Å²) in [5.41, 5.74) is 0. The Balaban J connectivity index is 2.45. The number of hydrogen-bond donors (Lipinski definition) is 0. The van der Waals surface area contributed by atoms with E-state index in [1.165, 1.54) is 3.11 Å². The van der Waals surface area contributed by atoms with E-state index >= 15 is 0 Å². The Hall–Kier alpha value is -1.29. The van der Waals surface area contributed by atoms with Gasteiger partial charge >= 0.3 is 5.91 Å². The molecule has 1 heterocycles. The highest BCUT2D eigenvalue weighted by Gasteiger charge is 2.08. The molecular formula is C11H12IN3O. The van der Waals surface area contributed by atoms with Gasteiger partial charge < -0.3 is 4.90 Å². The Morgan fingerprint density at radius 3 is 2.88 bits per heavy atom. The Kier molecular flexibility index (Phi) is 5.05. The maximum absolute atomic E-state index is 11.1. The van der Waals surface area contributed by atoms with Crippen molar-refractivity contribution >= 4 is 34.6 Å². The first-order chi connectivity index (χ1) is 7.65. The Bertz CT molecular complexity index is 388. The van der Waals surface area contributed by atoms with E-state index in [9.17, 15) is 4.79 Å². The number of anilines is 1. The molecule has 0 fully saturated rings. The molecule has 4 nitrogen and oxygen atoms in total. The third-order valence-corrected chi connectivity index (χ3v) is 2.94. The van der Waals surface area contributed by atoms with Crippen molar-refractivity contribution in [1.29, 1.82) is 0 Å². The minimum absolute atomic E-state index is 0.310. The summed E-state index contributed by atoms with van der Waals surface area (Å²) in [4.78, 5) is 17.3. The molecule has 0 bridgehead atoms. The zero-order valence-corrected chi connectivity index (χ0v) is 11.1. The molecule has 0 radical (unpaired) electrons. The van der Waals surface area contributed by atoms with Gasteiger partial charge in [-0.25, -0.2) is 4.98 Å². The van der Waals surface area contributed by atoms with Gasteiger partial charge in [0.05, 0.1) is 22.9 Å². The lowest BCUT2D eigenvalue weighted by atomic mass is 10.4. The molecule has 5 heteroatoms. The van der Waals surface area contributed by atoms with E-state index in [-0.39, 0.29) is 5.91 Å². The molecule has 1 aromatic rings. The van der Waals surface area contributed by atoms with Crippen LogP contribution < -0.4 is 4.90 Å². The molecule has 84 valence electrons. The van der Waals surface area contributed by atoms with E-state index in [0.717, 1.165) is 5.82 Å². The molecule has 0 saturated carbocycles.